The highest BCUT2D eigenvalue weighted by Gasteiger charge is 2.28. The fourth-order valence-corrected chi connectivity index (χ4v) is 2.88. The van der Waals surface area contributed by atoms with Gasteiger partial charge in [-0.15, -0.1) is 0 Å². The Balaban J connectivity index is 2.00. The molecule has 1 aliphatic rings. The lowest BCUT2D eigenvalue weighted by Gasteiger charge is -2.22. The van der Waals surface area contributed by atoms with E-state index in [1.165, 1.54) is 6.20 Å². The molecule has 0 radical (unpaired) electrons. The molecule has 27 heavy (non-hydrogen) atoms. The van der Waals surface area contributed by atoms with E-state index in [2.05, 4.69) is 39.1 Å². The number of hydrogen-bond acceptors (Lipinski definition) is 5. The second-order valence-electron chi connectivity index (χ2n) is 6.82. The molecule has 0 saturated carbocycles. The Hall–Kier alpha value is -2.45. The number of amides is 1. The van der Waals surface area contributed by atoms with Gasteiger partial charge in [-0.3, -0.25) is 9.80 Å². The zero-order valence-corrected chi connectivity index (χ0v) is 16.8. The number of nitrogens with one attached hydrogen (secondary N) is 2. The predicted octanol–water partition coefficient (Wildman–Crippen LogP) is 1.62. The van der Waals surface area contributed by atoms with Crippen LogP contribution in [0.25, 0.3) is 0 Å². The Morgan fingerprint density at radius 3 is 2.78 bits per heavy atom. The third kappa shape index (κ3) is 5.77. The summed E-state index contributed by atoms with van der Waals surface area (Å²) in [7, 11) is 5.98. The van der Waals surface area contributed by atoms with Gasteiger partial charge in [-0.1, -0.05) is 13.5 Å². The van der Waals surface area contributed by atoms with E-state index in [1.54, 1.807) is 17.3 Å². The average Bonchev–Trinajstić information content (AvgIpc) is 3.16. The molecule has 1 atom stereocenters. The Kier molecular flexibility index (Phi) is 7.75. The van der Waals surface area contributed by atoms with Gasteiger partial charge in [0.25, 0.3) is 5.91 Å². The van der Waals surface area contributed by atoms with Crippen LogP contribution in [0.2, 0.25) is 0 Å². The van der Waals surface area contributed by atoms with Crippen LogP contribution in [-0.4, -0.2) is 78.5 Å². The standard InChI is InChI=1S/C19H31N7O/c1-6-11-22-25(5)19(20-7-2)23-15-8-9-17(21-13-15)18(27)26-12-10-16(14-26)24(3)4/h7-9,13,16,22H,2,6,10-12,14H2,1,3-5H3,(H,20,23)/t16-/m0/s1. The number of likely N-dealkylation sites (tertiary alicyclic amines) is 1. The van der Waals surface area contributed by atoms with Crippen molar-refractivity contribution in [1.29, 1.82) is 0 Å². The second-order valence-corrected chi connectivity index (χ2v) is 6.82. The van der Waals surface area contributed by atoms with Crippen LogP contribution in [0.5, 0.6) is 0 Å². The first kappa shape index (κ1) is 20.9. The van der Waals surface area contributed by atoms with Crippen molar-refractivity contribution in [2.24, 2.45) is 4.99 Å². The van der Waals surface area contributed by atoms with Crippen LogP contribution in [0.3, 0.4) is 0 Å². The van der Waals surface area contributed by atoms with Crippen molar-refractivity contribution in [2.75, 3.05) is 46.1 Å². The third-order valence-electron chi connectivity index (χ3n) is 4.55. The van der Waals surface area contributed by atoms with Crippen LogP contribution >= 0.6 is 0 Å². The Morgan fingerprint density at radius 2 is 2.22 bits per heavy atom. The summed E-state index contributed by atoms with van der Waals surface area (Å²) in [4.78, 5) is 25.3. The summed E-state index contributed by atoms with van der Waals surface area (Å²) in [5, 5.41) is 5.00. The largest absolute Gasteiger partial charge is 0.336 e. The summed E-state index contributed by atoms with van der Waals surface area (Å²) < 4.78 is 0. The molecule has 1 aromatic rings. The molecule has 2 rings (SSSR count). The molecule has 0 spiro atoms. The topological polar surface area (TPSA) is 76.1 Å². The first-order chi connectivity index (χ1) is 13.0. The number of nitrogens with zero attached hydrogens (tertiary/aromatic N) is 5. The molecule has 8 heteroatoms. The molecule has 1 amide bonds. The van der Waals surface area contributed by atoms with Crippen molar-refractivity contribution < 1.29 is 4.79 Å². The van der Waals surface area contributed by atoms with Crippen LogP contribution in [-0.2, 0) is 0 Å². The summed E-state index contributed by atoms with van der Waals surface area (Å²) in [6.45, 7) is 8.11. The summed E-state index contributed by atoms with van der Waals surface area (Å²) in [6.07, 6.45) is 5.14. The fraction of sp³-hybridized carbons (Fsp3) is 0.526. The molecule has 0 aromatic carbocycles. The highest BCUT2D eigenvalue weighted by atomic mass is 16.2. The van der Waals surface area contributed by atoms with Gasteiger partial charge in [0.2, 0.25) is 5.96 Å². The maximum Gasteiger partial charge on any atom is 0.272 e. The summed E-state index contributed by atoms with van der Waals surface area (Å²) in [5.41, 5.74) is 4.44. The number of carbonyl (C=O) groups is 1. The SMILES string of the molecule is C=C/N=C(/Nc1ccc(C(=O)N2CC[C@H](N(C)C)C2)nc1)N(C)NCCC. The van der Waals surface area contributed by atoms with E-state index in [0.29, 0.717) is 17.7 Å². The maximum absolute atomic E-state index is 12.6. The number of hydrazine groups is 1. The minimum atomic E-state index is -0.0207. The van der Waals surface area contributed by atoms with Gasteiger partial charge in [-0.05, 0) is 39.1 Å². The second kappa shape index (κ2) is 10.0. The normalized spacial score (nSPS) is 17.3. The van der Waals surface area contributed by atoms with Crippen LogP contribution in [0.15, 0.2) is 36.1 Å². The lowest BCUT2D eigenvalue weighted by Crippen LogP contribution is -2.43. The van der Waals surface area contributed by atoms with Crippen molar-refractivity contribution in [1.82, 2.24) is 25.2 Å². The number of anilines is 1. The van der Waals surface area contributed by atoms with Gasteiger partial charge in [0, 0.05) is 38.9 Å². The van der Waals surface area contributed by atoms with E-state index >= 15 is 0 Å². The third-order valence-corrected chi connectivity index (χ3v) is 4.55. The van der Waals surface area contributed by atoms with Gasteiger partial charge in [0.05, 0.1) is 11.9 Å². The molecule has 0 bridgehead atoms. The molecule has 2 N–H and O–H groups in total. The van der Waals surface area contributed by atoms with Gasteiger partial charge in [0.1, 0.15) is 5.69 Å². The zero-order chi connectivity index (χ0) is 19.8. The Morgan fingerprint density at radius 1 is 1.44 bits per heavy atom. The van der Waals surface area contributed by atoms with Gasteiger partial charge in [-0.25, -0.2) is 15.4 Å². The minimum Gasteiger partial charge on any atom is -0.336 e. The molecular formula is C19H31N7O. The molecule has 8 nitrogen and oxygen atoms in total. The van der Waals surface area contributed by atoms with Gasteiger partial charge < -0.3 is 15.1 Å². The van der Waals surface area contributed by atoms with E-state index in [-0.39, 0.29) is 5.91 Å². The zero-order valence-electron chi connectivity index (χ0n) is 16.8. The van der Waals surface area contributed by atoms with E-state index in [0.717, 1.165) is 38.2 Å². The number of guanidine groups is 1. The van der Waals surface area contributed by atoms with E-state index < -0.39 is 0 Å². The van der Waals surface area contributed by atoms with Crippen molar-refractivity contribution in [3.63, 3.8) is 0 Å². The van der Waals surface area contributed by atoms with Crippen LogP contribution in [0, 0.1) is 0 Å². The number of pyridine rings is 1. The lowest BCUT2D eigenvalue weighted by atomic mass is 10.2. The summed E-state index contributed by atoms with van der Waals surface area (Å²) in [6, 6.07) is 4.00. The number of rotatable bonds is 7. The molecule has 1 fully saturated rings. The van der Waals surface area contributed by atoms with Crippen LogP contribution < -0.4 is 10.7 Å². The average molecular weight is 374 g/mol. The molecule has 0 unspecified atom stereocenters. The number of carbonyl (C=O) groups excluding carboxylic acids is 1. The number of hydrogen-bond donors (Lipinski definition) is 2. The van der Waals surface area contributed by atoms with Gasteiger partial charge in [0.15, 0.2) is 0 Å². The van der Waals surface area contributed by atoms with Crippen LogP contribution in [0.4, 0.5) is 5.69 Å². The first-order valence-corrected chi connectivity index (χ1v) is 9.31. The molecular weight excluding hydrogens is 342 g/mol. The van der Waals surface area contributed by atoms with Crippen molar-refractivity contribution in [2.45, 2.75) is 25.8 Å². The number of aromatic nitrogens is 1. The predicted molar refractivity (Wildman–Crippen MR) is 110 cm³/mol. The summed E-state index contributed by atoms with van der Waals surface area (Å²) in [5.74, 6) is 0.584. The van der Waals surface area contributed by atoms with E-state index in [9.17, 15) is 4.79 Å². The summed E-state index contributed by atoms with van der Waals surface area (Å²) >= 11 is 0. The van der Waals surface area contributed by atoms with Crippen molar-refractivity contribution in [3.8, 4) is 0 Å². The van der Waals surface area contributed by atoms with Gasteiger partial charge in [-0.2, -0.15) is 0 Å². The molecule has 1 saturated heterocycles. The molecule has 148 valence electrons. The van der Waals surface area contributed by atoms with E-state index in [1.807, 2.05) is 32.1 Å². The number of aliphatic imine (C=N–C) groups is 1. The van der Waals surface area contributed by atoms with Crippen LogP contribution in [0.1, 0.15) is 30.3 Å². The maximum atomic E-state index is 12.6. The smallest absolute Gasteiger partial charge is 0.272 e. The minimum absolute atomic E-state index is 0.0207. The molecule has 1 aliphatic heterocycles. The quantitative estimate of drug-likeness (QED) is 0.430. The molecule has 2 heterocycles. The number of likely N-dealkylation sites (N-methyl/N-ethyl adjacent to an activating group) is 1. The lowest BCUT2D eigenvalue weighted by molar-refractivity contribution is 0.0777. The highest BCUT2D eigenvalue weighted by molar-refractivity contribution is 5.95. The monoisotopic (exact) mass is 373 g/mol. The highest BCUT2D eigenvalue weighted by Crippen LogP contribution is 2.16. The van der Waals surface area contributed by atoms with E-state index in [4.69, 9.17) is 0 Å². The Bertz CT molecular complexity index is 657. The first-order valence-electron chi connectivity index (χ1n) is 9.31. The molecule has 0 aliphatic carbocycles. The molecule has 1 aromatic heterocycles. The van der Waals surface area contributed by atoms with Gasteiger partial charge >= 0.3 is 0 Å². The van der Waals surface area contributed by atoms with Crippen molar-refractivity contribution >= 4 is 17.6 Å². The fourth-order valence-electron chi connectivity index (χ4n) is 2.88. The van der Waals surface area contributed by atoms with Crippen molar-refractivity contribution in [3.05, 3.63) is 36.8 Å². The Labute approximate surface area is 161 Å².